The van der Waals surface area contributed by atoms with Gasteiger partial charge in [0.2, 0.25) is 0 Å². The summed E-state index contributed by atoms with van der Waals surface area (Å²) in [5.41, 5.74) is -3.17. The van der Waals surface area contributed by atoms with Gasteiger partial charge in [0, 0.05) is 23.6 Å². The zero-order valence-corrected chi connectivity index (χ0v) is 15.1. The summed E-state index contributed by atoms with van der Waals surface area (Å²) in [5, 5.41) is 0.116. The summed E-state index contributed by atoms with van der Waals surface area (Å²) >= 11 is 5.86. The summed E-state index contributed by atoms with van der Waals surface area (Å²) in [6.45, 7) is 5.91. The monoisotopic (exact) mass is 373 g/mol. The summed E-state index contributed by atoms with van der Waals surface area (Å²) in [7, 11) is 1.34. The molecule has 25 heavy (non-hydrogen) atoms. The number of alkyl halides is 3. The maximum absolute atomic E-state index is 13.8. The number of hydrogen-bond donors (Lipinski definition) is 0. The number of fused-ring (bicyclic) bond motifs is 1. The first-order valence-corrected chi connectivity index (χ1v) is 8.39. The molecule has 3 rings (SSSR count). The molecule has 1 aromatic rings. The normalized spacial score (nSPS) is 27.2. The van der Waals surface area contributed by atoms with Crippen molar-refractivity contribution in [1.82, 2.24) is 0 Å². The van der Waals surface area contributed by atoms with E-state index in [1.165, 1.54) is 19.2 Å². The molecule has 1 fully saturated rings. The molecule has 0 aromatic heterocycles. The molecule has 0 radical (unpaired) electrons. The molecule has 0 bridgehead atoms. The van der Waals surface area contributed by atoms with E-state index in [0.29, 0.717) is 0 Å². The van der Waals surface area contributed by atoms with Crippen LogP contribution in [0.4, 0.5) is 23.7 Å². The molecule has 0 spiro atoms. The maximum atomic E-state index is 13.8. The predicted octanol–water partition coefficient (Wildman–Crippen LogP) is 5.37. The smallest absolute Gasteiger partial charge is 0.415 e. The van der Waals surface area contributed by atoms with Crippen molar-refractivity contribution in [3.8, 4) is 11.8 Å². The number of hydrogen-bond acceptors (Lipinski definition) is 2. The van der Waals surface area contributed by atoms with Crippen LogP contribution in [0.3, 0.4) is 0 Å². The molecule has 1 amide bonds. The second-order valence-corrected chi connectivity index (χ2v) is 6.29. The van der Waals surface area contributed by atoms with E-state index in [2.05, 4.69) is 11.8 Å². The zero-order chi connectivity index (χ0) is 19.0. The Morgan fingerprint density at radius 2 is 1.96 bits per heavy atom. The lowest BCUT2D eigenvalue weighted by atomic mass is 9.89. The summed E-state index contributed by atoms with van der Waals surface area (Å²) in [6, 6.07) is 3.94. The third-order valence-corrected chi connectivity index (χ3v) is 4.39. The lowest BCUT2D eigenvalue weighted by Gasteiger charge is -2.39. The molecule has 0 saturated heterocycles. The van der Waals surface area contributed by atoms with Gasteiger partial charge in [-0.1, -0.05) is 38.3 Å². The van der Waals surface area contributed by atoms with Crippen LogP contribution in [0.25, 0.3) is 0 Å². The van der Waals surface area contributed by atoms with Crippen molar-refractivity contribution in [3.05, 3.63) is 28.8 Å². The number of anilines is 1. The molecule has 2 unspecified atom stereocenters. The summed E-state index contributed by atoms with van der Waals surface area (Å²) in [5.74, 6) is 4.97. The summed E-state index contributed by atoms with van der Waals surface area (Å²) in [6.07, 6.45) is -5.23. The van der Waals surface area contributed by atoms with Crippen LogP contribution in [0.1, 0.15) is 32.8 Å². The Bertz CT molecular complexity index is 738. The summed E-state index contributed by atoms with van der Waals surface area (Å²) < 4.78 is 46.3. The standard InChI is InChI=1S/C16H13ClF3NO2.C2H6/c1-9-7-10(9)5-6-15(16(18,19)20)12-8-11(17)3-4-13(12)21(2)14(22)23-15;1-2/h3-4,8-10H,7H2,1-2H3;1-2H3/t9?,10?,15-;/m0./s1. The average Bonchev–Trinajstić information content (AvgIpc) is 3.26. The Labute approximate surface area is 150 Å². The minimum absolute atomic E-state index is 0.0844. The number of carbonyl (C=O) groups is 1. The number of ether oxygens (including phenoxy) is 1. The molecule has 1 aliphatic carbocycles. The Kier molecular flexibility index (Phi) is 5.29. The van der Waals surface area contributed by atoms with Gasteiger partial charge < -0.3 is 4.74 Å². The average molecular weight is 374 g/mol. The van der Waals surface area contributed by atoms with E-state index < -0.39 is 17.9 Å². The van der Waals surface area contributed by atoms with Crippen molar-refractivity contribution >= 4 is 23.4 Å². The van der Waals surface area contributed by atoms with E-state index in [9.17, 15) is 18.0 Å². The minimum atomic E-state index is -4.88. The van der Waals surface area contributed by atoms with Gasteiger partial charge in [-0.05, 0) is 36.5 Å². The van der Waals surface area contributed by atoms with Crippen LogP contribution in [0.5, 0.6) is 0 Å². The van der Waals surface area contributed by atoms with Gasteiger partial charge >= 0.3 is 12.3 Å². The number of halogens is 4. The van der Waals surface area contributed by atoms with Crippen molar-refractivity contribution in [2.45, 2.75) is 39.0 Å². The van der Waals surface area contributed by atoms with E-state index in [1.807, 2.05) is 20.8 Å². The van der Waals surface area contributed by atoms with Crippen molar-refractivity contribution in [3.63, 3.8) is 0 Å². The number of cyclic esters (lactones) is 1. The Hall–Kier alpha value is -1.87. The van der Waals surface area contributed by atoms with Crippen molar-refractivity contribution < 1.29 is 22.7 Å². The molecule has 2 aliphatic rings. The molecule has 1 aromatic carbocycles. The second-order valence-electron chi connectivity index (χ2n) is 5.86. The molecule has 7 heteroatoms. The van der Waals surface area contributed by atoms with Crippen LogP contribution in [0, 0.1) is 23.7 Å². The third kappa shape index (κ3) is 3.43. The molecule has 1 heterocycles. The van der Waals surface area contributed by atoms with Crippen LogP contribution >= 0.6 is 11.6 Å². The van der Waals surface area contributed by atoms with Gasteiger partial charge in [-0.25, -0.2) is 4.79 Å². The number of nitrogens with zero attached hydrogens (tertiary/aromatic N) is 1. The maximum Gasteiger partial charge on any atom is 0.445 e. The van der Waals surface area contributed by atoms with E-state index in [1.54, 1.807) is 0 Å². The van der Waals surface area contributed by atoms with Gasteiger partial charge in [0.25, 0.3) is 5.60 Å². The van der Waals surface area contributed by atoms with Crippen LogP contribution in [-0.2, 0) is 10.3 Å². The van der Waals surface area contributed by atoms with Gasteiger partial charge in [-0.3, -0.25) is 4.90 Å². The number of amides is 1. The Balaban J connectivity index is 0.00000109. The van der Waals surface area contributed by atoms with Crippen molar-refractivity contribution in [1.29, 1.82) is 0 Å². The van der Waals surface area contributed by atoms with Crippen LogP contribution in [-0.4, -0.2) is 19.3 Å². The molecular formula is C18H19ClF3NO2. The molecule has 1 saturated carbocycles. The number of carbonyl (C=O) groups excluding carboxylic acids is 1. The van der Waals surface area contributed by atoms with Gasteiger partial charge in [0.15, 0.2) is 0 Å². The SMILES string of the molecule is CC.CC1CC1C#C[C@]1(C(F)(F)F)OC(=O)N(C)c2ccc(Cl)cc21. The van der Waals surface area contributed by atoms with E-state index in [-0.39, 0.29) is 28.1 Å². The lowest BCUT2D eigenvalue weighted by Crippen LogP contribution is -2.52. The van der Waals surface area contributed by atoms with Crippen LogP contribution in [0.15, 0.2) is 18.2 Å². The second kappa shape index (κ2) is 6.80. The highest BCUT2D eigenvalue weighted by molar-refractivity contribution is 6.30. The Morgan fingerprint density at radius 1 is 1.36 bits per heavy atom. The summed E-state index contributed by atoms with van der Waals surface area (Å²) in [4.78, 5) is 12.9. The van der Waals surface area contributed by atoms with Gasteiger partial charge in [-0.2, -0.15) is 13.2 Å². The van der Waals surface area contributed by atoms with Crippen LogP contribution in [0.2, 0.25) is 5.02 Å². The highest BCUT2D eigenvalue weighted by Gasteiger charge is 2.62. The Morgan fingerprint density at radius 3 is 2.48 bits per heavy atom. The fourth-order valence-electron chi connectivity index (χ4n) is 2.53. The van der Waals surface area contributed by atoms with Crippen LogP contribution < -0.4 is 4.90 Å². The molecular weight excluding hydrogens is 355 g/mol. The van der Waals surface area contributed by atoms with E-state index in [0.717, 1.165) is 17.4 Å². The number of benzene rings is 1. The first kappa shape index (κ1) is 19.5. The molecule has 3 nitrogen and oxygen atoms in total. The molecule has 1 aliphatic heterocycles. The zero-order valence-electron chi connectivity index (χ0n) is 14.4. The molecule has 0 N–H and O–H groups in total. The third-order valence-electron chi connectivity index (χ3n) is 4.16. The topological polar surface area (TPSA) is 29.5 Å². The quantitative estimate of drug-likeness (QED) is 0.572. The first-order valence-electron chi connectivity index (χ1n) is 8.02. The first-order chi connectivity index (χ1) is 11.7. The molecule has 136 valence electrons. The number of rotatable bonds is 0. The fraction of sp³-hybridized carbons (Fsp3) is 0.500. The van der Waals surface area contributed by atoms with E-state index in [4.69, 9.17) is 16.3 Å². The van der Waals surface area contributed by atoms with Crippen molar-refractivity contribution in [2.24, 2.45) is 11.8 Å². The highest BCUT2D eigenvalue weighted by Crippen LogP contribution is 2.49. The molecule has 3 atom stereocenters. The van der Waals surface area contributed by atoms with Gasteiger partial charge in [0.1, 0.15) is 0 Å². The highest BCUT2D eigenvalue weighted by atomic mass is 35.5. The lowest BCUT2D eigenvalue weighted by molar-refractivity contribution is -0.240. The van der Waals surface area contributed by atoms with E-state index >= 15 is 0 Å². The van der Waals surface area contributed by atoms with Gasteiger partial charge in [0.05, 0.1) is 5.69 Å². The van der Waals surface area contributed by atoms with Gasteiger partial charge in [-0.15, -0.1) is 0 Å². The largest absolute Gasteiger partial charge is 0.445 e. The fourth-order valence-corrected chi connectivity index (χ4v) is 2.70. The van der Waals surface area contributed by atoms with Crippen molar-refractivity contribution in [2.75, 3.05) is 11.9 Å². The minimum Gasteiger partial charge on any atom is -0.415 e. The predicted molar refractivity (Wildman–Crippen MR) is 90.5 cm³/mol.